The van der Waals surface area contributed by atoms with Gasteiger partial charge in [-0.25, -0.2) is 0 Å². The first-order chi connectivity index (χ1) is 8.13. The highest BCUT2D eigenvalue weighted by atomic mass is 32.2. The lowest BCUT2D eigenvalue weighted by Crippen LogP contribution is -2.47. The molecule has 3 heteroatoms. The molecule has 102 valence electrons. The Balaban J connectivity index is 2.44. The molecule has 1 unspecified atom stereocenters. The minimum Gasteiger partial charge on any atom is -0.383 e. The largest absolute Gasteiger partial charge is 0.383 e. The molecule has 0 aliphatic heterocycles. The zero-order valence-corrected chi connectivity index (χ0v) is 12.7. The molecule has 1 atom stereocenters. The summed E-state index contributed by atoms with van der Waals surface area (Å²) in [5, 5.41) is 3.74. The third kappa shape index (κ3) is 4.80. The van der Waals surface area contributed by atoms with Crippen LogP contribution in [0.15, 0.2) is 0 Å². The summed E-state index contributed by atoms with van der Waals surface area (Å²) < 4.78 is 5.79. The first-order valence-electron chi connectivity index (χ1n) is 6.91. The first kappa shape index (κ1) is 15.3. The van der Waals surface area contributed by atoms with Gasteiger partial charge < -0.3 is 10.1 Å². The number of rotatable bonds is 7. The Labute approximate surface area is 111 Å². The lowest BCUT2D eigenvalue weighted by atomic mass is 9.87. The summed E-state index contributed by atoms with van der Waals surface area (Å²) in [6.45, 7) is 6.50. The molecule has 1 rings (SSSR count). The second-order valence-electron chi connectivity index (χ2n) is 5.63. The molecule has 0 radical (unpaired) electrons. The van der Waals surface area contributed by atoms with Gasteiger partial charge in [0.25, 0.3) is 0 Å². The smallest absolute Gasteiger partial charge is 0.0618 e. The SMILES string of the molecule is COCC(NCC1(SC)CCCCC1)C(C)C. The summed E-state index contributed by atoms with van der Waals surface area (Å²) in [7, 11) is 1.79. The molecule has 1 aliphatic carbocycles. The van der Waals surface area contributed by atoms with Crippen LogP contribution in [0.4, 0.5) is 0 Å². The van der Waals surface area contributed by atoms with Gasteiger partial charge >= 0.3 is 0 Å². The molecular weight excluding hydrogens is 230 g/mol. The highest BCUT2D eigenvalue weighted by molar-refractivity contribution is 8.00. The number of hydrogen-bond donors (Lipinski definition) is 1. The number of ether oxygens (including phenoxy) is 1. The highest BCUT2D eigenvalue weighted by Gasteiger charge is 2.31. The second-order valence-corrected chi connectivity index (χ2v) is 6.91. The van der Waals surface area contributed by atoms with E-state index in [2.05, 4.69) is 37.2 Å². The number of hydrogen-bond acceptors (Lipinski definition) is 3. The number of nitrogens with one attached hydrogen (secondary N) is 1. The molecule has 1 fully saturated rings. The van der Waals surface area contributed by atoms with Gasteiger partial charge in [-0.1, -0.05) is 33.1 Å². The fourth-order valence-electron chi connectivity index (χ4n) is 2.63. The molecule has 0 spiro atoms. The topological polar surface area (TPSA) is 21.3 Å². The van der Waals surface area contributed by atoms with Crippen molar-refractivity contribution in [2.75, 3.05) is 26.5 Å². The van der Waals surface area contributed by atoms with Gasteiger partial charge in [-0.15, -0.1) is 0 Å². The van der Waals surface area contributed by atoms with E-state index in [0.29, 0.717) is 16.7 Å². The summed E-state index contributed by atoms with van der Waals surface area (Å²) in [4.78, 5) is 0. The Morgan fingerprint density at radius 3 is 2.35 bits per heavy atom. The standard InChI is InChI=1S/C14H29NOS/c1-12(2)13(10-16-3)15-11-14(17-4)8-6-5-7-9-14/h12-13,15H,5-11H2,1-4H3. The van der Waals surface area contributed by atoms with Crippen LogP contribution in [0.5, 0.6) is 0 Å². The van der Waals surface area contributed by atoms with Crippen LogP contribution >= 0.6 is 11.8 Å². The molecule has 1 saturated carbocycles. The Bertz CT molecular complexity index is 202. The van der Waals surface area contributed by atoms with E-state index in [1.54, 1.807) is 7.11 Å². The van der Waals surface area contributed by atoms with E-state index >= 15 is 0 Å². The van der Waals surface area contributed by atoms with Gasteiger partial charge in [0, 0.05) is 24.4 Å². The molecule has 1 aliphatic rings. The van der Waals surface area contributed by atoms with Crippen LogP contribution in [-0.4, -0.2) is 37.3 Å². The lowest BCUT2D eigenvalue weighted by Gasteiger charge is -2.37. The van der Waals surface area contributed by atoms with Crippen molar-refractivity contribution in [1.82, 2.24) is 5.32 Å². The van der Waals surface area contributed by atoms with E-state index in [1.807, 2.05) is 0 Å². The Kier molecular flexibility index (Phi) is 6.90. The Morgan fingerprint density at radius 1 is 1.24 bits per heavy atom. The second kappa shape index (κ2) is 7.65. The molecule has 1 N–H and O–H groups in total. The maximum atomic E-state index is 5.30. The van der Waals surface area contributed by atoms with Gasteiger partial charge in [0.15, 0.2) is 0 Å². The summed E-state index contributed by atoms with van der Waals surface area (Å²) in [5.74, 6) is 0.637. The summed E-state index contributed by atoms with van der Waals surface area (Å²) >= 11 is 2.06. The molecule has 0 aromatic heterocycles. The Hall–Kier alpha value is 0.270. The normalized spacial score (nSPS) is 21.7. The molecule has 0 saturated heterocycles. The van der Waals surface area contributed by atoms with Crippen molar-refractivity contribution in [2.24, 2.45) is 5.92 Å². The molecule has 0 bridgehead atoms. The monoisotopic (exact) mass is 259 g/mol. The third-order valence-corrected chi connectivity index (χ3v) is 5.45. The van der Waals surface area contributed by atoms with E-state index < -0.39 is 0 Å². The average molecular weight is 259 g/mol. The summed E-state index contributed by atoms with van der Waals surface area (Å²) in [5.41, 5.74) is 0. The van der Waals surface area contributed by atoms with E-state index in [-0.39, 0.29) is 0 Å². The third-order valence-electron chi connectivity index (χ3n) is 4.04. The first-order valence-corrected chi connectivity index (χ1v) is 8.13. The van der Waals surface area contributed by atoms with Gasteiger partial charge in [0.05, 0.1) is 6.61 Å². The molecular formula is C14H29NOS. The highest BCUT2D eigenvalue weighted by Crippen LogP contribution is 2.38. The van der Waals surface area contributed by atoms with Crippen molar-refractivity contribution in [3.63, 3.8) is 0 Å². The van der Waals surface area contributed by atoms with Crippen molar-refractivity contribution in [3.05, 3.63) is 0 Å². The van der Waals surface area contributed by atoms with Crippen molar-refractivity contribution in [2.45, 2.75) is 56.7 Å². The van der Waals surface area contributed by atoms with E-state index in [0.717, 1.165) is 13.2 Å². The summed E-state index contributed by atoms with van der Waals surface area (Å²) in [6.07, 6.45) is 9.25. The molecule has 17 heavy (non-hydrogen) atoms. The maximum absolute atomic E-state index is 5.30. The van der Waals surface area contributed by atoms with E-state index in [1.165, 1.54) is 32.1 Å². The quantitative estimate of drug-likeness (QED) is 0.758. The minimum atomic E-state index is 0.485. The van der Waals surface area contributed by atoms with Crippen LogP contribution in [0.2, 0.25) is 0 Å². The van der Waals surface area contributed by atoms with Crippen LogP contribution < -0.4 is 5.32 Å². The average Bonchev–Trinajstić information content (AvgIpc) is 2.35. The van der Waals surface area contributed by atoms with Gasteiger partial charge in [-0.05, 0) is 25.0 Å². The number of methoxy groups -OCH3 is 1. The van der Waals surface area contributed by atoms with Gasteiger partial charge in [0.2, 0.25) is 0 Å². The van der Waals surface area contributed by atoms with Crippen molar-refractivity contribution < 1.29 is 4.74 Å². The van der Waals surface area contributed by atoms with E-state index in [4.69, 9.17) is 4.74 Å². The van der Waals surface area contributed by atoms with Crippen molar-refractivity contribution in [1.29, 1.82) is 0 Å². The molecule has 0 heterocycles. The van der Waals surface area contributed by atoms with Crippen molar-refractivity contribution in [3.8, 4) is 0 Å². The predicted octanol–water partition coefficient (Wildman–Crippen LogP) is 3.31. The number of thioether (sulfide) groups is 1. The van der Waals surface area contributed by atoms with Crippen molar-refractivity contribution >= 4 is 11.8 Å². The predicted molar refractivity (Wildman–Crippen MR) is 77.8 cm³/mol. The van der Waals surface area contributed by atoms with Gasteiger partial charge in [0.1, 0.15) is 0 Å². The van der Waals surface area contributed by atoms with Crippen LogP contribution in [0, 0.1) is 5.92 Å². The maximum Gasteiger partial charge on any atom is 0.0618 e. The zero-order valence-electron chi connectivity index (χ0n) is 11.9. The van der Waals surface area contributed by atoms with Gasteiger partial charge in [-0.2, -0.15) is 11.8 Å². The fraction of sp³-hybridized carbons (Fsp3) is 1.00. The zero-order chi connectivity index (χ0) is 12.7. The van der Waals surface area contributed by atoms with Crippen LogP contribution in [0.1, 0.15) is 46.0 Å². The van der Waals surface area contributed by atoms with Crippen LogP contribution in [-0.2, 0) is 4.74 Å². The molecule has 0 aromatic rings. The van der Waals surface area contributed by atoms with Crippen LogP contribution in [0.25, 0.3) is 0 Å². The van der Waals surface area contributed by atoms with Crippen LogP contribution in [0.3, 0.4) is 0 Å². The Morgan fingerprint density at radius 2 is 1.88 bits per heavy atom. The molecule has 2 nitrogen and oxygen atoms in total. The molecule has 0 amide bonds. The lowest BCUT2D eigenvalue weighted by molar-refractivity contribution is 0.144. The fourth-order valence-corrected chi connectivity index (χ4v) is 3.56. The van der Waals surface area contributed by atoms with Gasteiger partial charge in [-0.3, -0.25) is 0 Å². The molecule has 0 aromatic carbocycles. The summed E-state index contributed by atoms with van der Waals surface area (Å²) in [6, 6.07) is 0.492. The minimum absolute atomic E-state index is 0.485. The van der Waals surface area contributed by atoms with E-state index in [9.17, 15) is 0 Å².